The van der Waals surface area contributed by atoms with Crippen molar-refractivity contribution in [1.29, 1.82) is 0 Å². The summed E-state index contributed by atoms with van der Waals surface area (Å²) in [6.45, 7) is 3.38. The molecule has 1 aromatic heterocycles. The molecule has 0 aliphatic heterocycles. The van der Waals surface area contributed by atoms with Crippen molar-refractivity contribution in [3.05, 3.63) is 59.7 Å². The molecule has 4 nitrogen and oxygen atoms in total. The Balaban J connectivity index is 2.28. The Hall–Kier alpha value is -1.79. The molecule has 1 N–H and O–H groups in total. The summed E-state index contributed by atoms with van der Waals surface area (Å²) in [5, 5.41) is 0. The molecule has 0 amide bonds. The van der Waals surface area contributed by atoms with Gasteiger partial charge in [-0.25, -0.2) is 17.5 Å². The van der Waals surface area contributed by atoms with Gasteiger partial charge < -0.3 is 0 Å². The van der Waals surface area contributed by atoms with Crippen LogP contribution in [0.15, 0.2) is 47.6 Å². The van der Waals surface area contributed by atoms with Crippen LogP contribution in [-0.4, -0.2) is 13.4 Å². The minimum Gasteiger partial charge on any atom is -0.264 e. The van der Waals surface area contributed by atoms with Crippen molar-refractivity contribution in [2.45, 2.75) is 24.8 Å². The molecule has 0 radical (unpaired) electrons. The van der Waals surface area contributed by atoms with Gasteiger partial charge in [-0.05, 0) is 43.2 Å². The molecule has 0 fully saturated rings. The highest BCUT2D eigenvalue weighted by Crippen LogP contribution is 2.19. The van der Waals surface area contributed by atoms with E-state index in [2.05, 4.69) is 9.71 Å². The predicted molar refractivity (Wildman–Crippen MR) is 74.1 cm³/mol. The second kappa shape index (κ2) is 5.68. The topological polar surface area (TPSA) is 59.1 Å². The lowest BCUT2D eigenvalue weighted by Crippen LogP contribution is -2.27. The molecule has 0 aliphatic rings. The standard InChI is InChI=1S/C14H15FN2O2S/c1-10-5-6-14(13(15)8-10)20(18,19)17-11(2)12-4-3-7-16-9-12/h3-9,11,17H,1-2H3/t11-/m0/s1. The Labute approximate surface area is 117 Å². The molecule has 0 saturated heterocycles. The zero-order valence-corrected chi connectivity index (χ0v) is 12.0. The molecular formula is C14H15FN2O2S. The molecule has 2 rings (SSSR count). The highest BCUT2D eigenvalue weighted by Gasteiger charge is 2.22. The molecule has 1 aromatic carbocycles. The number of sulfonamides is 1. The van der Waals surface area contributed by atoms with Crippen molar-refractivity contribution < 1.29 is 12.8 Å². The fourth-order valence-electron chi connectivity index (χ4n) is 1.82. The first-order valence-electron chi connectivity index (χ1n) is 6.08. The number of halogens is 1. The first-order valence-corrected chi connectivity index (χ1v) is 7.57. The molecule has 2 aromatic rings. The Bertz CT molecular complexity index is 702. The van der Waals surface area contributed by atoms with Crippen LogP contribution < -0.4 is 4.72 Å². The van der Waals surface area contributed by atoms with E-state index in [-0.39, 0.29) is 4.90 Å². The van der Waals surface area contributed by atoms with Gasteiger partial charge in [-0.1, -0.05) is 12.1 Å². The Kier molecular flexibility index (Phi) is 4.15. The molecule has 0 bridgehead atoms. The largest absolute Gasteiger partial charge is 0.264 e. The highest BCUT2D eigenvalue weighted by atomic mass is 32.2. The Morgan fingerprint density at radius 2 is 2.05 bits per heavy atom. The lowest BCUT2D eigenvalue weighted by molar-refractivity contribution is 0.546. The van der Waals surface area contributed by atoms with Crippen molar-refractivity contribution in [2.75, 3.05) is 0 Å². The summed E-state index contributed by atoms with van der Waals surface area (Å²) in [7, 11) is -3.91. The molecule has 1 atom stereocenters. The first kappa shape index (κ1) is 14.6. The summed E-state index contributed by atoms with van der Waals surface area (Å²) in [6.07, 6.45) is 3.17. The van der Waals surface area contributed by atoms with Crippen LogP contribution in [0.5, 0.6) is 0 Å². The van der Waals surface area contributed by atoms with Crippen LogP contribution in [0.4, 0.5) is 4.39 Å². The average molecular weight is 294 g/mol. The molecule has 20 heavy (non-hydrogen) atoms. The van der Waals surface area contributed by atoms with E-state index < -0.39 is 21.9 Å². The third-order valence-corrected chi connectivity index (χ3v) is 4.47. The molecule has 0 unspecified atom stereocenters. The van der Waals surface area contributed by atoms with Gasteiger partial charge in [-0.2, -0.15) is 0 Å². The van der Waals surface area contributed by atoms with Crippen molar-refractivity contribution in [1.82, 2.24) is 9.71 Å². The van der Waals surface area contributed by atoms with E-state index in [1.165, 1.54) is 12.1 Å². The van der Waals surface area contributed by atoms with Crippen LogP contribution in [0, 0.1) is 12.7 Å². The van der Waals surface area contributed by atoms with Crippen LogP contribution in [0.1, 0.15) is 24.1 Å². The van der Waals surface area contributed by atoms with Crippen LogP contribution in [0.25, 0.3) is 0 Å². The van der Waals surface area contributed by atoms with Gasteiger partial charge in [-0.15, -0.1) is 0 Å². The summed E-state index contributed by atoms with van der Waals surface area (Å²) in [4.78, 5) is 3.58. The van der Waals surface area contributed by atoms with Gasteiger partial charge in [0.05, 0.1) is 0 Å². The number of pyridine rings is 1. The summed E-state index contributed by atoms with van der Waals surface area (Å²) in [5.74, 6) is -0.754. The Morgan fingerprint density at radius 3 is 2.65 bits per heavy atom. The number of hydrogen-bond acceptors (Lipinski definition) is 3. The second-order valence-electron chi connectivity index (χ2n) is 4.56. The van der Waals surface area contributed by atoms with Gasteiger partial charge in [0.2, 0.25) is 10.0 Å². The van der Waals surface area contributed by atoms with Gasteiger partial charge >= 0.3 is 0 Å². The quantitative estimate of drug-likeness (QED) is 0.943. The van der Waals surface area contributed by atoms with Crippen LogP contribution >= 0.6 is 0 Å². The summed E-state index contributed by atoms with van der Waals surface area (Å²) in [5.41, 5.74) is 1.38. The van der Waals surface area contributed by atoms with E-state index >= 15 is 0 Å². The van der Waals surface area contributed by atoms with Crippen LogP contribution in [0.2, 0.25) is 0 Å². The smallest absolute Gasteiger partial charge is 0.244 e. The van der Waals surface area contributed by atoms with E-state index in [9.17, 15) is 12.8 Å². The van der Waals surface area contributed by atoms with Crippen molar-refractivity contribution in [3.63, 3.8) is 0 Å². The van der Waals surface area contributed by atoms with Gasteiger partial charge in [0.25, 0.3) is 0 Å². The monoisotopic (exact) mass is 294 g/mol. The molecule has 106 valence electrons. The zero-order valence-electron chi connectivity index (χ0n) is 11.2. The van der Waals surface area contributed by atoms with E-state index in [4.69, 9.17) is 0 Å². The lowest BCUT2D eigenvalue weighted by Gasteiger charge is -2.14. The second-order valence-corrected chi connectivity index (χ2v) is 6.25. The predicted octanol–water partition coefficient (Wildman–Crippen LogP) is 2.57. The van der Waals surface area contributed by atoms with E-state index in [1.807, 2.05) is 0 Å². The molecule has 0 spiro atoms. The third kappa shape index (κ3) is 3.20. The summed E-state index contributed by atoms with van der Waals surface area (Å²) >= 11 is 0. The maximum Gasteiger partial charge on any atom is 0.244 e. The highest BCUT2D eigenvalue weighted by molar-refractivity contribution is 7.89. The van der Waals surface area contributed by atoms with Crippen molar-refractivity contribution >= 4 is 10.0 Å². The molecule has 0 saturated carbocycles. The molecular weight excluding hydrogens is 279 g/mol. The van der Waals surface area contributed by atoms with Crippen molar-refractivity contribution in [2.24, 2.45) is 0 Å². The number of nitrogens with zero attached hydrogens (tertiary/aromatic N) is 1. The minimum absolute atomic E-state index is 0.348. The van der Waals surface area contributed by atoms with Crippen LogP contribution in [-0.2, 0) is 10.0 Å². The minimum atomic E-state index is -3.91. The first-order chi connectivity index (χ1) is 9.40. The maximum atomic E-state index is 13.8. The van der Waals surface area contributed by atoms with Gasteiger partial charge in [-0.3, -0.25) is 4.98 Å². The van der Waals surface area contributed by atoms with Crippen molar-refractivity contribution in [3.8, 4) is 0 Å². The molecule has 6 heteroatoms. The normalized spacial score (nSPS) is 13.2. The Morgan fingerprint density at radius 1 is 1.30 bits per heavy atom. The number of hydrogen-bond donors (Lipinski definition) is 1. The number of rotatable bonds is 4. The fraction of sp³-hybridized carbons (Fsp3) is 0.214. The van der Waals surface area contributed by atoms with Gasteiger partial charge in [0.15, 0.2) is 0 Å². The molecule has 0 aliphatic carbocycles. The van der Waals surface area contributed by atoms with E-state index in [0.29, 0.717) is 11.1 Å². The number of nitrogens with one attached hydrogen (secondary N) is 1. The maximum absolute atomic E-state index is 13.8. The fourth-order valence-corrected chi connectivity index (χ4v) is 3.11. The SMILES string of the molecule is Cc1ccc(S(=O)(=O)N[C@@H](C)c2cccnc2)c(F)c1. The number of aromatic nitrogens is 1. The zero-order chi connectivity index (χ0) is 14.8. The van der Waals surface area contributed by atoms with Gasteiger partial charge in [0.1, 0.15) is 10.7 Å². The molecule has 1 heterocycles. The van der Waals surface area contributed by atoms with Crippen LogP contribution in [0.3, 0.4) is 0 Å². The lowest BCUT2D eigenvalue weighted by atomic mass is 10.2. The summed E-state index contributed by atoms with van der Waals surface area (Å²) < 4.78 is 40.6. The number of aryl methyl sites for hydroxylation is 1. The number of benzene rings is 1. The average Bonchev–Trinajstić information content (AvgIpc) is 2.38. The third-order valence-electron chi connectivity index (χ3n) is 2.89. The van der Waals surface area contributed by atoms with E-state index in [1.54, 1.807) is 44.4 Å². The van der Waals surface area contributed by atoms with Gasteiger partial charge in [0, 0.05) is 18.4 Å². The van der Waals surface area contributed by atoms with E-state index in [0.717, 1.165) is 0 Å². The summed E-state index contributed by atoms with van der Waals surface area (Å²) in [6, 6.07) is 7.01.